The van der Waals surface area contributed by atoms with E-state index in [-0.39, 0.29) is 10.9 Å². The summed E-state index contributed by atoms with van der Waals surface area (Å²) in [5.74, 6) is 1.03. The van der Waals surface area contributed by atoms with Crippen LogP contribution < -0.4 is 14.8 Å². The second-order valence-corrected chi connectivity index (χ2v) is 7.03. The molecule has 0 aliphatic carbocycles. The maximum absolute atomic E-state index is 12.8. The van der Waals surface area contributed by atoms with Gasteiger partial charge in [-0.25, -0.2) is 8.42 Å². The van der Waals surface area contributed by atoms with Crippen LogP contribution in [-0.4, -0.2) is 51.6 Å². The molecule has 124 valence electrons. The van der Waals surface area contributed by atoms with Crippen LogP contribution in [0.4, 0.5) is 0 Å². The third-order valence-corrected chi connectivity index (χ3v) is 5.57. The standard InChI is InChI=1S/C15H24N2O4S/c1-4-20-14-7-6-13(10-15(14)21-5-2)22(18,19)17-9-8-16-11-12(17)3/h6-7,10,12,16H,4-5,8-9,11H2,1-3H3. The number of rotatable bonds is 6. The average Bonchev–Trinajstić information content (AvgIpc) is 2.49. The highest BCUT2D eigenvalue weighted by Crippen LogP contribution is 2.32. The molecular formula is C15H24N2O4S. The quantitative estimate of drug-likeness (QED) is 0.856. The zero-order chi connectivity index (χ0) is 16.2. The van der Waals surface area contributed by atoms with Gasteiger partial charge in [-0.05, 0) is 32.9 Å². The van der Waals surface area contributed by atoms with E-state index in [2.05, 4.69) is 5.32 Å². The first-order chi connectivity index (χ1) is 10.5. The van der Waals surface area contributed by atoms with E-state index in [0.29, 0.717) is 44.3 Å². The van der Waals surface area contributed by atoms with Crippen LogP contribution in [0.1, 0.15) is 20.8 Å². The molecule has 1 unspecified atom stereocenters. The number of nitrogens with zero attached hydrogens (tertiary/aromatic N) is 1. The van der Waals surface area contributed by atoms with E-state index in [1.165, 1.54) is 4.31 Å². The smallest absolute Gasteiger partial charge is 0.243 e. The van der Waals surface area contributed by atoms with Crippen molar-refractivity contribution in [2.24, 2.45) is 0 Å². The Morgan fingerprint density at radius 3 is 2.55 bits per heavy atom. The molecule has 2 rings (SSSR count). The summed E-state index contributed by atoms with van der Waals surface area (Å²) in [6, 6.07) is 4.73. The van der Waals surface area contributed by atoms with E-state index in [9.17, 15) is 8.42 Å². The second kappa shape index (κ2) is 7.30. The van der Waals surface area contributed by atoms with Crippen molar-refractivity contribution in [2.75, 3.05) is 32.8 Å². The molecule has 1 aromatic carbocycles. The van der Waals surface area contributed by atoms with Crippen LogP contribution in [0.15, 0.2) is 23.1 Å². The number of hydrogen-bond acceptors (Lipinski definition) is 5. The molecule has 0 amide bonds. The number of benzene rings is 1. The summed E-state index contributed by atoms with van der Waals surface area (Å²) in [6.07, 6.45) is 0. The summed E-state index contributed by atoms with van der Waals surface area (Å²) in [6.45, 7) is 8.39. The number of sulfonamides is 1. The highest BCUT2D eigenvalue weighted by atomic mass is 32.2. The Kier molecular flexibility index (Phi) is 5.66. The monoisotopic (exact) mass is 328 g/mol. The van der Waals surface area contributed by atoms with Crippen molar-refractivity contribution in [3.8, 4) is 11.5 Å². The molecule has 0 aromatic heterocycles. The fourth-order valence-electron chi connectivity index (χ4n) is 2.51. The highest BCUT2D eigenvalue weighted by Gasteiger charge is 2.31. The molecule has 0 radical (unpaired) electrons. The van der Waals surface area contributed by atoms with E-state index < -0.39 is 10.0 Å². The van der Waals surface area contributed by atoms with E-state index >= 15 is 0 Å². The number of nitrogens with one attached hydrogen (secondary N) is 1. The van der Waals surface area contributed by atoms with Crippen molar-refractivity contribution < 1.29 is 17.9 Å². The summed E-state index contributed by atoms with van der Waals surface area (Å²) in [5.41, 5.74) is 0. The lowest BCUT2D eigenvalue weighted by atomic mass is 10.3. The van der Waals surface area contributed by atoms with Crippen LogP contribution in [0, 0.1) is 0 Å². The third-order valence-electron chi connectivity index (χ3n) is 3.56. The summed E-state index contributed by atoms with van der Waals surface area (Å²) in [5, 5.41) is 3.19. The Labute approximate surface area is 132 Å². The average molecular weight is 328 g/mol. The zero-order valence-corrected chi connectivity index (χ0v) is 14.1. The van der Waals surface area contributed by atoms with E-state index in [0.717, 1.165) is 0 Å². The molecule has 1 saturated heterocycles. The van der Waals surface area contributed by atoms with Gasteiger partial charge in [-0.3, -0.25) is 0 Å². The van der Waals surface area contributed by atoms with Crippen LogP contribution in [0.2, 0.25) is 0 Å². The molecule has 0 bridgehead atoms. The van der Waals surface area contributed by atoms with Crippen molar-refractivity contribution in [3.05, 3.63) is 18.2 Å². The number of piperazine rings is 1. The van der Waals surface area contributed by atoms with Gasteiger partial charge in [0.15, 0.2) is 11.5 Å². The first-order valence-corrected chi connectivity index (χ1v) is 9.07. The van der Waals surface area contributed by atoms with Crippen molar-refractivity contribution in [2.45, 2.75) is 31.7 Å². The minimum atomic E-state index is -3.53. The molecule has 1 aliphatic heterocycles. The van der Waals surface area contributed by atoms with Gasteiger partial charge in [0.2, 0.25) is 10.0 Å². The third kappa shape index (κ3) is 3.53. The molecule has 0 spiro atoms. The number of hydrogen-bond donors (Lipinski definition) is 1. The van der Waals surface area contributed by atoms with Gasteiger partial charge in [0.05, 0.1) is 18.1 Å². The van der Waals surface area contributed by atoms with Crippen LogP contribution in [0.3, 0.4) is 0 Å². The summed E-state index contributed by atoms with van der Waals surface area (Å²) in [4.78, 5) is 0.244. The van der Waals surface area contributed by atoms with Gasteiger partial charge >= 0.3 is 0 Å². The minimum Gasteiger partial charge on any atom is -0.490 e. The van der Waals surface area contributed by atoms with Crippen molar-refractivity contribution in [1.82, 2.24) is 9.62 Å². The maximum atomic E-state index is 12.8. The van der Waals surface area contributed by atoms with Gasteiger partial charge in [-0.15, -0.1) is 0 Å². The molecule has 1 atom stereocenters. The van der Waals surface area contributed by atoms with Crippen LogP contribution in [-0.2, 0) is 10.0 Å². The molecule has 1 heterocycles. The van der Waals surface area contributed by atoms with Gasteiger partial charge in [0.25, 0.3) is 0 Å². The normalized spacial score (nSPS) is 19.9. The maximum Gasteiger partial charge on any atom is 0.243 e. The molecule has 1 fully saturated rings. The van der Waals surface area contributed by atoms with Crippen molar-refractivity contribution in [1.29, 1.82) is 0 Å². The topological polar surface area (TPSA) is 67.9 Å². The molecule has 6 nitrogen and oxygen atoms in total. The van der Waals surface area contributed by atoms with Gasteiger partial charge in [-0.2, -0.15) is 4.31 Å². The predicted molar refractivity (Wildman–Crippen MR) is 85.0 cm³/mol. The van der Waals surface area contributed by atoms with Crippen molar-refractivity contribution in [3.63, 3.8) is 0 Å². The molecule has 0 saturated carbocycles. The van der Waals surface area contributed by atoms with Crippen molar-refractivity contribution >= 4 is 10.0 Å². The summed E-state index contributed by atoms with van der Waals surface area (Å²) >= 11 is 0. The Morgan fingerprint density at radius 1 is 1.23 bits per heavy atom. The SMILES string of the molecule is CCOc1ccc(S(=O)(=O)N2CCNCC2C)cc1OCC. The fraction of sp³-hybridized carbons (Fsp3) is 0.600. The molecule has 22 heavy (non-hydrogen) atoms. The molecule has 7 heteroatoms. The lowest BCUT2D eigenvalue weighted by molar-refractivity contribution is 0.281. The first-order valence-electron chi connectivity index (χ1n) is 7.63. The van der Waals surface area contributed by atoms with Crippen LogP contribution in [0.25, 0.3) is 0 Å². The zero-order valence-electron chi connectivity index (χ0n) is 13.3. The summed E-state index contributed by atoms with van der Waals surface area (Å²) in [7, 11) is -3.53. The largest absolute Gasteiger partial charge is 0.490 e. The Balaban J connectivity index is 2.36. The van der Waals surface area contributed by atoms with Gasteiger partial charge < -0.3 is 14.8 Å². The fourth-order valence-corrected chi connectivity index (χ4v) is 4.15. The Bertz CT molecular complexity index is 604. The van der Waals surface area contributed by atoms with Gasteiger partial charge in [0, 0.05) is 31.7 Å². The Hall–Kier alpha value is -1.31. The van der Waals surface area contributed by atoms with E-state index in [1.807, 2.05) is 20.8 Å². The van der Waals surface area contributed by atoms with E-state index in [4.69, 9.17) is 9.47 Å². The Morgan fingerprint density at radius 2 is 1.91 bits per heavy atom. The van der Waals surface area contributed by atoms with Gasteiger partial charge in [-0.1, -0.05) is 0 Å². The lowest BCUT2D eigenvalue weighted by Crippen LogP contribution is -2.52. The molecule has 1 aliphatic rings. The second-order valence-electron chi connectivity index (χ2n) is 5.14. The summed E-state index contributed by atoms with van der Waals surface area (Å²) < 4.78 is 38.2. The highest BCUT2D eigenvalue weighted by molar-refractivity contribution is 7.89. The van der Waals surface area contributed by atoms with Crippen LogP contribution in [0.5, 0.6) is 11.5 Å². The van der Waals surface area contributed by atoms with E-state index in [1.54, 1.807) is 18.2 Å². The van der Waals surface area contributed by atoms with Gasteiger partial charge in [0.1, 0.15) is 0 Å². The predicted octanol–water partition coefficient (Wildman–Crippen LogP) is 1.47. The minimum absolute atomic E-state index is 0.0686. The molecule has 1 aromatic rings. The molecule has 1 N–H and O–H groups in total. The lowest BCUT2D eigenvalue weighted by Gasteiger charge is -2.32. The number of ether oxygens (including phenoxy) is 2. The first kappa shape index (κ1) is 17.1. The molecular weight excluding hydrogens is 304 g/mol. The van der Waals surface area contributed by atoms with Crippen LogP contribution >= 0.6 is 0 Å².